The first-order chi connectivity index (χ1) is 9.72. The van der Waals surface area contributed by atoms with E-state index in [9.17, 15) is 4.79 Å². The van der Waals surface area contributed by atoms with Crippen molar-refractivity contribution in [1.82, 2.24) is 10.2 Å². The third-order valence-electron chi connectivity index (χ3n) is 3.92. The molecule has 0 bridgehead atoms. The second-order valence-corrected chi connectivity index (χ2v) is 5.40. The largest absolute Gasteiger partial charge is 0.326 e. The lowest BCUT2D eigenvalue weighted by atomic mass is 9.99. The van der Waals surface area contributed by atoms with Gasteiger partial charge in [0.15, 0.2) is 0 Å². The van der Waals surface area contributed by atoms with Gasteiger partial charge in [-0.2, -0.15) is 0 Å². The standard InChI is InChI=1S/C16H25N3O/c1-3-19(4-2)12-14-7-5-6-8-15(14)18-16(20)9-13-10-17-11-13/h5-8,13,17H,3-4,9-12H2,1-2H3,(H,18,20). The molecular weight excluding hydrogens is 250 g/mol. The lowest BCUT2D eigenvalue weighted by molar-refractivity contribution is -0.117. The summed E-state index contributed by atoms with van der Waals surface area (Å²) >= 11 is 0. The molecule has 0 atom stereocenters. The van der Waals surface area contributed by atoms with Gasteiger partial charge in [0.25, 0.3) is 0 Å². The number of nitrogens with zero attached hydrogens (tertiary/aromatic N) is 1. The summed E-state index contributed by atoms with van der Waals surface area (Å²) in [5.41, 5.74) is 2.15. The van der Waals surface area contributed by atoms with Gasteiger partial charge in [-0.3, -0.25) is 9.69 Å². The Labute approximate surface area is 121 Å². The van der Waals surface area contributed by atoms with Gasteiger partial charge in [-0.25, -0.2) is 0 Å². The number of rotatable bonds is 7. The Kier molecular flexibility index (Phi) is 5.56. The van der Waals surface area contributed by atoms with Crippen LogP contribution in [0.25, 0.3) is 0 Å². The molecule has 1 amide bonds. The number of anilines is 1. The van der Waals surface area contributed by atoms with Crippen LogP contribution >= 0.6 is 0 Å². The molecule has 0 radical (unpaired) electrons. The van der Waals surface area contributed by atoms with E-state index in [4.69, 9.17) is 0 Å². The molecule has 1 aromatic carbocycles. The molecule has 0 spiro atoms. The van der Waals surface area contributed by atoms with Gasteiger partial charge in [0.05, 0.1) is 0 Å². The maximum absolute atomic E-state index is 12.0. The Morgan fingerprint density at radius 1 is 1.30 bits per heavy atom. The van der Waals surface area contributed by atoms with E-state index < -0.39 is 0 Å². The second kappa shape index (κ2) is 7.41. The minimum atomic E-state index is 0.128. The van der Waals surface area contributed by atoms with E-state index in [1.165, 1.54) is 5.56 Å². The van der Waals surface area contributed by atoms with E-state index in [0.717, 1.165) is 38.4 Å². The third-order valence-corrected chi connectivity index (χ3v) is 3.92. The molecular formula is C16H25N3O. The van der Waals surface area contributed by atoms with Gasteiger partial charge in [-0.1, -0.05) is 32.0 Å². The van der Waals surface area contributed by atoms with Crippen LogP contribution in [-0.4, -0.2) is 37.0 Å². The summed E-state index contributed by atoms with van der Waals surface area (Å²) in [5.74, 6) is 0.633. The summed E-state index contributed by atoms with van der Waals surface area (Å²) in [4.78, 5) is 14.4. The fourth-order valence-corrected chi connectivity index (χ4v) is 2.42. The average Bonchev–Trinajstić information content (AvgIpc) is 2.42. The van der Waals surface area contributed by atoms with Crippen LogP contribution in [0, 0.1) is 5.92 Å². The van der Waals surface area contributed by atoms with Gasteiger partial charge >= 0.3 is 0 Å². The fourth-order valence-electron chi connectivity index (χ4n) is 2.42. The number of hydrogen-bond donors (Lipinski definition) is 2. The highest BCUT2D eigenvalue weighted by Gasteiger charge is 2.20. The van der Waals surface area contributed by atoms with Crippen LogP contribution in [-0.2, 0) is 11.3 Å². The Bertz CT molecular complexity index is 439. The summed E-state index contributed by atoms with van der Waals surface area (Å²) in [6.07, 6.45) is 0.618. The molecule has 1 aliphatic rings. The summed E-state index contributed by atoms with van der Waals surface area (Å²) in [6.45, 7) is 9.18. The van der Waals surface area contributed by atoms with E-state index in [1.54, 1.807) is 0 Å². The average molecular weight is 275 g/mol. The zero-order valence-corrected chi connectivity index (χ0v) is 12.5. The highest BCUT2D eigenvalue weighted by atomic mass is 16.1. The van der Waals surface area contributed by atoms with Crippen molar-refractivity contribution < 1.29 is 4.79 Å². The SMILES string of the molecule is CCN(CC)Cc1ccccc1NC(=O)CC1CNC1. The zero-order valence-electron chi connectivity index (χ0n) is 12.5. The molecule has 1 aliphatic heterocycles. The Morgan fingerprint density at radius 2 is 2.00 bits per heavy atom. The topological polar surface area (TPSA) is 44.4 Å². The number of carbonyl (C=O) groups is 1. The van der Waals surface area contributed by atoms with Crippen LogP contribution in [0.15, 0.2) is 24.3 Å². The quantitative estimate of drug-likeness (QED) is 0.801. The molecule has 0 unspecified atom stereocenters. The monoisotopic (exact) mass is 275 g/mol. The van der Waals surface area contributed by atoms with Crippen LogP contribution < -0.4 is 10.6 Å². The molecule has 1 saturated heterocycles. The summed E-state index contributed by atoms with van der Waals surface area (Å²) < 4.78 is 0. The van der Waals surface area contributed by atoms with Crippen molar-refractivity contribution >= 4 is 11.6 Å². The number of nitrogens with one attached hydrogen (secondary N) is 2. The fraction of sp³-hybridized carbons (Fsp3) is 0.562. The van der Waals surface area contributed by atoms with E-state index in [0.29, 0.717) is 12.3 Å². The van der Waals surface area contributed by atoms with E-state index in [-0.39, 0.29) is 5.91 Å². The predicted molar refractivity (Wildman–Crippen MR) is 82.7 cm³/mol. The van der Waals surface area contributed by atoms with E-state index >= 15 is 0 Å². The van der Waals surface area contributed by atoms with Gasteiger partial charge in [0.2, 0.25) is 5.91 Å². The number of benzene rings is 1. The molecule has 2 N–H and O–H groups in total. The van der Waals surface area contributed by atoms with Crippen molar-refractivity contribution in [2.24, 2.45) is 5.92 Å². The first-order valence-electron chi connectivity index (χ1n) is 7.53. The highest BCUT2D eigenvalue weighted by Crippen LogP contribution is 2.18. The minimum Gasteiger partial charge on any atom is -0.326 e. The normalized spacial score (nSPS) is 15.2. The van der Waals surface area contributed by atoms with Crippen molar-refractivity contribution in [1.29, 1.82) is 0 Å². The van der Waals surface area contributed by atoms with Crippen LogP contribution in [0.5, 0.6) is 0 Å². The number of hydrogen-bond acceptors (Lipinski definition) is 3. The molecule has 1 aromatic rings. The third kappa shape index (κ3) is 4.05. The lowest BCUT2D eigenvalue weighted by Crippen LogP contribution is -2.43. The number of carbonyl (C=O) groups excluding carboxylic acids is 1. The van der Waals surface area contributed by atoms with Crippen LogP contribution in [0.1, 0.15) is 25.8 Å². The molecule has 1 fully saturated rings. The summed E-state index contributed by atoms with van der Waals surface area (Å²) in [5, 5.41) is 6.27. The van der Waals surface area contributed by atoms with Gasteiger partial charge < -0.3 is 10.6 Å². The van der Waals surface area contributed by atoms with Gasteiger partial charge in [-0.05, 0) is 43.7 Å². The molecule has 2 rings (SSSR count). The molecule has 0 aliphatic carbocycles. The molecule has 0 aromatic heterocycles. The molecule has 0 saturated carbocycles. The van der Waals surface area contributed by atoms with E-state index in [1.807, 2.05) is 18.2 Å². The predicted octanol–water partition coefficient (Wildman–Crippen LogP) is 2.08. The number of amides is 1. The second-order valence-electron chi connectivity index (χ2n) is 5.40. The van der Waals surface area contributed by atoms with Gasteiger partial charge in [0, 0.05) is 18.7 Å². The first kappa shape index (κ1) is 15.0. The summed E-state index contributed by atoms with van der Waals surface area (Å²) in [7, 11) is 0. The maximum Gasteiger partial charge on any atom is 0.224 e. The molecule has 110 valence electrons. The summed E-state index contributed by atoms with van der Waals surface area (Å²) in [6, 6.07) is 8.10. The molecule has 1 heterocycles. The van der Waals surface area contributed by atoms with Crippen molar-refractivity contribution in [2.45, 2.75) is 26.8 Å². The first-order valence-corrected chi connectivity index (χ1v) is 7.53. The Balaban J connectivity index is 1.97. The Morgan fingerprint density at radius 3 is 2.60 bits per heavy atom. The van der Waals surface area contributed by atoms with Crippen LogP contribution in [0.4, 0.5) is 5.69 Å². The lowest BCUT2D eigenvalue weighted by Gasteiger charge is -2.26. The minimum absolute atomic E-state index is 0.128. The van der Waals surface area contributed by atoms with Gasteiger partial charge in [0.1, 0.15) is 0 Å². The smallest absolute Gasteiger partial charge is 0.224 e. The molecule has 4 nitrogen and oxygen atoms in total. The van der Waals surface area contributed by atoms with Crippen molar-refractivity contribution in [3.63, 3.8) is 0 Å². The zero-order chi connectivity index (χ0) is 14.4. The van der Waals surface area contributed by atoms with Crippen molar-refractivity contribution in [3.8, 4) is 0 Å². The molecule has 20 heavy (non-hydrogen) atoms. The van der Waals surface area contributed by atoms with Crippen LogP contribution in [0.3, 0.4) is 0 Å². The van der Waals surface area contributed by atoms with Crippen LogP contribution in [0.2, 0.25) is 0 Å². The van der Waals surface area contributed by atoms with E-state index in [2.05, 4.69) is 35.4 Å². The van der Waals surface area contributed by atoms with Crippen molar-refractivity contribution in [3.05, 3.63) is 29.8 Å². The van der Waals surface area contributed by atoms with Gasteiger partial charge in [-0.15, -0.1) is 0 Å². The maximum atomic E-state index is 12.0. The highest BCUT2D eigenvalue weighted by molar-refractivity contribution is 5.91. The molecule has 4 heteroatoms. The number of para-hydroxylation sites is 1. The van der Waals surface area contributed by atoms with Crippen molar-refractivity contribution in [2.75, 3.05) is 31.5 Å². The Hall–Kier alpha value is -1.39.